The minimum atomic E-state index is -0.422. The molecular weight excluding hydrogens is 793 g/mol. The number of phenolic OH excluding ortho intramolecular Hbond substituents is 2. The number of carbonyl (C=O) groups is 2. The number of unbranched alkanes of at least 4 members (excludes halogenated alkanes) is 16. The van der Waals surface area contributed by atoms with Gasteiger partial charge in [0.1, 0.15) is 23.0 Å². The maximum Gasteiger partial charge on any atom is 0.338 e. The van der Waals surface area contributed by atoms with Gasteiger partial charge in [-0.1, -0.05) is 104 Å². The minimum absolute atomic E-state index is 0.0917. The highest BCUT2D eigenvalue weighted by Crippen LogP contribution is 2.26. The van der Waals surface area contributed by atoms with Crippen LogP contribution in [0.1, 0.15) is 168 Å². The Labute approximate surface area is 375 Å². The highest BCUT2D eigenvalue weighted by Gasteiger charge is 2.10. The predicted octanol–water partition coefficient (Wildman–Crippen LogP) is 13.8. The lowest BCUT2D eigenvalue weighted by Crippen LogP contribution is -2.08. The van der Waals surface area contributed by atoms with E-state index in [1.165, 1.54) is 77.0 Å². The molecule has 0 heterocycles. The van der Waals surface area contributed by atoms with Gasteiger partial charge in [0, 0.05) is 35.7 Å². The molecule has 0 atom stereocenters. The molecule has 0 aliphatic heterocycles. The molecule has 10 heteroatoms. The van der Waals surface area contributed by atoms with E-state index in [1.807, 2.05) is 12.1 Å². The van der Waals surface area contributed by atoms with E-state index >= 15 is 0 Å². The van der Waals surface area contributed by atoms with Crippen molar-refractivity contribution in [1.29, 1.82) is 0 Å². The zero-order valence-corrected chi connectivity index (χ0v) is 37.7. The molecule has 0 aromatic heterocycles. The second-order valence-electron chi connectivity index (χ2n) is 16.0. The van der Waals surface area contributed by atoms with Gasteiger partial charge in [-0.2, -0.15) is 0 Å². The maximum atomic E-state index is 12.6. The van der Waals surface area contributed by atoms with Crippen molar-refractivity contribution in [2.24, 2.45) is 9.98 Å². The number of hydrogen-bond acceptors (Lipinski definition) is 10. The van der Waals surface area contributed by atoms with Gasteiger partial charge in [-0.05, 0) is 105 Å². The third-order valence-electron chi connectivity index (χ3n) is 10.7. The van der Waals surface area contributed by atoms with Crippen LogP contribution in [0.25, 0.3) is 0 Å². The van der Waals surface area contributed by atoms with E-state index in [1.54, 1.807) is 85.2 Å². The Kier molecular flexibility index (Phi) is 24.1. The molecule has 0 radical (unpaired) electrons. The molecule has 0 fully saturated rings. The van der Waals surface area contributed by atoms with Crippen LogP contribution < -0.4 is 9.47 Å². The van der Waals surface area contributed by atoms with Crippen LogP contribution in [-0.2, 0) is 9.47 Å². The molecule has 0 saturated carbocycles. The van der Waals surface area contributed by atoms with Crippen molar-refractivity contribution < 1.29 is 38.7 Å². The summed E-state index contributed by atoms with van der Waals surface area (Å²) in [7, 11) is 0. The summed E-state index contributed by atoms with van der Waals surface area (Å²) in [5, 5.41) is 21.0. The Balaban J connectivity index is 1.05. The number of phenols is 2. The average molecular weight is 863 g/mol. The highest BCUT2D eigenvalue weighted by atomic mass is 16.5. The van der Waals surface area contributed by atoms with E-state index in [0.717, 1.165) is 32.1 Å². The highest BCUT2D eigenvalue weighted by molar-refractivity contribution is 5.91. The van der Waals surface area contributed by atoms with Gasteiger partial charge in [-0.3, -0.25) is 9.98 Å². The summed E-state index contributed by atoms with van der Waals surface area (Å²) in [6.07, 6.45) is 25.0. The smallest absolute Gasteiger partial charge is 0.338 e. The van der Waals surface area contributed by atoms with Gasteiger partial charge in [0.25, 0.3) is 0 Å². The van der Waals surface area contributed by atoms with Crippen LogP contribution in [0.4, 0.5) is 11.4 Å². The summed E-state index contributed by atoms with van der Waals surface area (Å²) in [6.45, 7) is 6.23. The predicted molar refractivity (Wildman–Crippen MR) is 254 cm³/mol. The van der Waals surface area contributed by atoms with Crippen molar-refractivity contribution in [2.45, 2.75) is 136 Å². The number of aromatic hydroxyl groups is 2. The summed E-state index contributed by atoms with van der Waals surface area (Å²) in [6, 6.07) is 24.0. The van der Waals surface area contributed by atoms with Gasteiger partial charge in [-0.25, -0.2) is 9.59 Å². The second-order valence-corrected chi connectivity index (χ2v) is 16.0. The van der Waals surface area contributed by atoms with Gasteiger partial charge >= 0.3 is 11.9 Å². The van der Waals surface area contributed by atoms with Crippen molar-refractivity contribution in [3.63, 3.8) is 0 Å². The first kappa shape index (κ1) is 50.0. The summed E-state index contributed by atoms with van der Waals surface area (Å²) in [5.41, 5.74) is 3.24. The molecular formula is C53H70N2O8. The molecule has 0 saturated heterocycles. The van der Waals surface area contributed by atoms with Crippen LogP contribution in [-0.4, -0.2) is 61.0 Å². The topological polar surface area (TPSA) is 136 Å². The number of nitrogens with zero attached hydrogens (tertiary/aromatic N) is 2. The molecule has 4 rings (SSSR count). The fourth-order valence-corrected chi connectivity index (χ4v) is 6.83. The standard InChI is InChI=1S/C53H70N2O8/c1-3-5-7-9-11-13-15-18-34-60-48-32-26-44(50(56)38-48)40-54-46-28-22-42(23-29-46)52(58)62-36-20-17-21-37-63-53(59)43-24-30-47(31-25-43)55-41-45-27-33-49(39-51(45)57)61-35-19-16-14-12-10-8-6-4-2/h22-33,38-41,56-57H,3-21,34-37H2,1-2H3. The zero-order valence-electron chi connectivity index (χ0n) is 37.7. The molecule has 0 aliphatic rings. The zero-order chi connectivity index (χ0) is 44.7. The molecule has 10 nitrogen and oxygen atoms in total. The van der Waals surface area contributed by atoms with Crippen LogP contribution in [0.15, 0.2) is 94.9 Å². The van der Waals surface area contributed by atoms with Crippen molar-refractivity contribution in [1.82, 2.24) is 0 Å². The Morgan fingerprint density at radius 2 is 0.778 bits per heavy atom. The van der Waals surface area contributed by atoms with Crippen molar-refractivity contribution in [2.75, 3.05) is 26.4 Å². The van der Waals surface area contributed by atoms with Crippen molar-refractivity contribution >= 4 is 35.7 Å². The number of esters is 2. The fraction of sp³-hybridized carbons (Fsp3) is 0.472. The van der Waals surface area contributed by atoms with Crippen LogP contribution in [0.3, 0.4) is 0 Å². The number of rotatable bonds is 32. The molecule has 340 valence electrons. The summed E-state index contributed by atoms with van der Waals surface area (Å²) in [4.78, 5) is 34.0. The number of ether oxygens (including phenoxy) is 4. The molecule has 63 heavy (non-hydrogen) atoms. The summed E-state index contributed by atoms with van der Waals surface area (Å²) < 4.78 is 22.5. The summed E-state index contributed by atoms with van der Waals surface area (Å²) in [5.74, 6) is 0.609. The monoisotopic (exact) mass is 863 g/mol. The van der Waals surface area contributed by atoms with E-state index in [4.69, 9.17) is 18.9 Å². The quantitative estimate of drug-likeness (QED) is 0.0281. The van der Waals surface area contributed by atoms with E-state index in [0.29, 0.717) is 71.2 Å². The van der Waals surface area contributed by atoms with Crippen molar-refractivity contribution in [3.05, 3.63) is 107 Å². The number of benzene rings is 4. The van der Waals surface area contributed by atoms with Gasteiger partial charge in [0.15, 0.2) is 0 Å². The SMILES string of the molecule is CCCCCCCCCCOc1ccc(C=Nc2ccc(C(=O)OCCCCCOC(=O)c3ccc(N=Cc4ccc(OCCCCCCCCCC)cc4O)cc3)cc2)c(O)c1. The Bertz CT molecular complexity index is 1820. The Morgan fingerprint density at radius 3 is 1.14 bits per heavy atom. The third kappa shape index (κ3) is 20.4. The first-order valence-corrected chi connectivity index (χ1v) is 23.4. The fourth-order valence-electron chi connectivity index (χ4n) is 6.83. The lowest BCUT2D eigenvalue weighted by Gasteiger charge is -2.08. The molecule has 0 spiro atoms. The first-order valence-electron chi connectivity index (χ1n) is 23.4. The molecule has 0 aliphatic carbocycles. The Morgan fingerprint density at radius 1 is 0.444 bits per heavy atom. The number of carbonyl (C=O) groups excluding carboxylic acids is 2. The van der Waals surface area contributed by atoms with Crippen LogP contribution >= 0.6 is 0 Å². The Hall–Kier alpha value is -5.64. The molecule has 0 unspecified atom stereocenters. The molecule has 4 aromatic rings. The number of hydrogen-bond donors (Lipinski definition) is 2. The maximum absolute atomic E-state index is 12.6. The van der Waals surface area contributed by atoms with Gasteiger partial charge in [0.05, 0.1) is 48.9 Å². The second kappa shape index (κ2) is 30.4. The first-order chi connectivity index (χ1) is 30.9. The average Bonchev–Trinajstić information content (AvgIpc) is 3.29. The number of aliphatic imine (C=N–C) groups is 2. The van der Waals surface area contributed by atoms with Crippen LogP contribution in [0, 0.1) is 0 Å². The van der Waals surface area contributed by atoms with Gasteiger partial charge in [-0.15, -0.1) is 0 Å². The van der Waals surface area contributed by atoms with E-state index in [9.17, 15) is 19.8 Å². The lowest BCUT2D eigenvalue weighted by molar-refractivity contribution is 0.0478. The normalized spacial score (nSPS) is 11.3. The van der Waals surface area contributed by atoms with E-state index in [2.05, 4.69) is 23.8 Å². The van der Waals surface area contributed by atoms with E-state index in [-0.39, 0.29) is 24.7 Å². The van der Waals surface area contributed by atoms with Crippen LogP contribution in [0.2, 0.25) is 0 Å². The van der Waals surface area contributed by atoms with Gasteiger partial charge < -0.3 is 29.2 Å². The third-order valence-corrected chi connectivity index (χ3v) is 10.7. The van der Waals surface area contributed by atoms with Gasteiger partial charge in [0.2, 0.25) is 0 Å². The lowest BCUT2D eigenvalue weighted by atomic mass is 10.1. The molecule has 2 N–H and O–H groups in total. The molecule has 0 bridgehead atoms. The largest absolute Gasteiger partial charge is 0.507 e. The molecule has 4 aromatic carbocycles. The molecule has 0 amide bonds. The summed E-state index contributed by atoms with van der Waals surface area (Å²) >= 11 is 0. The van der Waals surface area contributed by atoms with E-state index < -0.39 is 11.9 Å². The minimum Gasteiger partial charge on any atom is -0.507 e. The van der Waals surface area contributed by atoms with Crippen LogP contribution in [0.5, 0.6) is 23.0 Å². The van der Waals surface area contributed by atoms with Crippen molar-refractivity contribution in [3.8, 4) is 23.0 Å².